The summed E-state index contributed by atoms with van der Waals surface area (Å²) in [4.78, 5) is 21.5. The van der Waals surface area contributed by atoms with Gasteiger partial charge in [0, 0.05) is 6.42 Å². The molecule has 1 atom stereocenters. The molecular formula is C14H20O6. The van der Waals surface area contributed by atoms with Crippen LogP contribution in [0.3, 0.4) is 0 Å². The molecule has 6 nitrogen and oxygen atoms in total. The Balaban J connectivity index is 2.88. The molecule has 0 saturated carbocycles. The average Bonchev–Trinajstić information content (AvgIpc) is 2.34. The molecule has 1 rings (SSSR count). The minimum atomic E-state index is -1.12. The Morgan fingerprint density at radius 2 is 2.05 bits per heavy atom. The number of hydrogen-bond acceptors (Lipinski definition) is 5. The number of carboxylic acid groups (broad SMARTS) is 1. The van der Waals surface area contributed by atoms with Crippen molar-refractivity contribution in [1.29, 1.82) is 0 Å². The van der Waals surface area contributed by atoms with E-state index < -0.39 is 17.7 Å². The number of carbonyl (C=O) groups is 1. The highest BCUT2D eigenvalue weighted by Gasteiger charge is 2.25. The van der Waals surface area contributed by atoms with Crippen LogP contribution in [0.15, 0.2) is 18.2 Å². The van der Waals surface area contributed by atoms with Crippen molar-refractivity contribution in [3.8, 4) is 11.5 Å². The van der Waals surface area contributed by atoms with E-state index in [1.165, 1.54) is 19.2 Å². The van der Waals surface area contributed by atoms with Gasteiger partial charge in [-0.3, -0.25) is 0 Å². The standard InChI is InChI=1S/C14H20O6/c1-9(15)8-14(2,3)20-19-11-7-5-6-10(13(16)17)12(11)18-4/h5-7,9,15H,8H2,1-4H3,(H,16,17). The molecule has 1 aromatic rings. The molecule has 0 fully saturated rings. The quantitative estimate of drug-likeness (QED) is 0.590. The van der Waals surface area contributed by atoms with Gasteiger partial charge in [0.1, 0.15) is 11.2 Å². The van der Waals surface area contributed by atoms with Gasteiger partial charge in [0.05, 0.1) is 13.2 Å². The second kappa shape index (κ2) is 6.58. The van der Waals surface area contributed by atoms with Crippen molar-refractivity contribution in [3.63, 3.8) is 0 Å². The fraction of sp³-hybridized carbons (Fsp3) is 0.500. The number of aliphatic hydroxyl groups is 1. The van der Waals surface area contributed by atoms with Crippen molar-refractivity contribution in [2.45, 2.75) is 38.9 Å². The Hall–Kier alpha value is -1.79. The van der Waals surface area contributed by atoms with Crippen molar-refractivity contribution < 1.29 is 29.5 Å². The molecule has 0 aliphatic carbocycles. The highest BCUT2D eigenvalue weighted by Crippen LogP contribution is 2.32. The molecule has 20 heavy (non-hydrogen) atoms. The lowest BCUT2D eigenvalue weighted by molar-refractivity contribution is -0.287. The molecule has 1 unspecified atom stereocenters. The highest BCUT2D eigenvalue weighted by molar-refractivity contribution is 5.91. The summed E-state index contributed by atoms with van der Waals surface area (Å²) < 4.78 is 5.05. The van der Waals surface area contributed by atoms with E-state index in [9.17, 15) is 9.90 Å². The molecule has 0 radical (unpaired) electrons. The van der Waals surface area contributed by atoms with E-state index in [0.29, 0.717) is 6.42 Å². The number of aromatic carboxylic acids is 1. The first-order valence-corrected chi connectivity index (χ1v) is 6.21. The zero-order chi connectivity index (χ0) is 15.3. The second-order valence-corrected chi connectivity index (χ2v) is 5.12. The number of aliphatic hydroxyl groups excluding tert-OH is 1. The summed E-state index contributed by atoms with van der Waals surface area (Å²) >= 11 is 0. The number of para-hydroxylation sites is 1. The third-order valence-corrected chi connectivity index (χ3v) is 2.56. The first-order valence-electron chi connectivity index (χ1n) is 6.21. The molecule has 2 N–H and O–H groups in total. The van der Waals surface area contributed by atoms with E-state index in [1.807, 2.05) is 0 Å². The number of hydrogen-bond donors (Lipinski definition) is 2. The van der Waals surface area contributed by atoms with E-state index in [2.05, 4.69) is 0 Å². The molecule has 0 bridgehead atoms. The van der Waals surface area contributed by atoms with Gasteiger partial charge >= 0.3 is 5.97 Å². The van der Waals surface area contributed by atoms with Crippen LogP contribution in [0.25, 0.3) is 0 Å². The lowest BCUT2D eigenvalue weighted by Gasteiger charge is -2.25. The second-order valence-electron chi connectivity index (χ2n) is 5.12. The summed E-state index contributed by atoms with van der Waals surface area (Å²) in [6.45, 7) is 5.16. The summed E-state index contributed by atoms with van der Waals surface area (Å²) in [5.41, 5.74) is -0.736. The molecule has 0 aliphatic rings. The van der Waals surface area contributed by atoms with Crippen molar-refractivity contribution in [1.82, 2.24) is 0 Å². The van der Waals surface area contributed by atoms with Crippen LogP contribution >= 0.6 is 0 Å². The minimum absolute atomic E-state index is 0.0121. The van der Waals surface area contributed by atoms with Crippen LogP contribution in [0.5, 0.6) is 11.5 Å². The Labute approximate surface area is 117 Å². The molecule has 1 aromatic carbocycles. The molecule has 0 aliphatic heterocycles. The van der Waals surface area contributed by atoms with Crippen molar-refractivity contribution >= 4 is 5.97 Å². The summed E-state index contributed by atoms with van der Waals surface area (Å²) in [5, 5.41) is 18.4. The number of methoxy groups -OCH3 is 1. The number of rotatable bonds is 7. The molecule has 6 heteroatoms. The SMILES string of the molecule is COc1c(OOC(C)(C)CC(C)O)cccc1C(=O)O. The van der Waals surface area contributed by atoms with E-state index in [0.717, 1.165) is 0 Å². The third kappa shape index (κ3) is 4.40. The predicted molar refractivity (Wildman–Crippen MR) is 72.0 cm³/mol. The fourth-order valence-corrected chi connectivity index (χ4v) is 1.86. The maximum Gasteiger partial charge on any atom is 0.339 e. The Morgan fingerprint density at radius 1 is 1.40 bits per heavy atom. The van der Waals surface area contributed by atoms with Crippen molar-refractivity contribution in [2.24, 2.45) is 0 Å². The van der Waals surface area contributed by atoms with Crippen LogP contribution < -0.4 is 9.62 Å². The summed E-state index contributed by atoms with van der Waals surface area (Å²) in [6, 6.07) is 4.49. The van der Waals surface area contributed by atoms with E-state index in [1.54, 1.807) is 26.8 Å². The van der Waals surface area contributed by atoms with Gasteiger partial charge in [-0.2, -0.15) is 4.89 Å². The molecule has 0 heterocycles. The van der Waals surface area contributed by atoms with E-state index in [-0.39, 0.29) is 17.1 Å². The van der Waals surface area contributed by atoms with Crippen LogP contribution in [0.2, 0.25) is 0 Å². The van der Waals surface area contributed by atoms with Gasteiger partial charge in [-0.25, -0.2) is 4.79 Å². The molecule has 112 valence electrons. The zero-order valence-corrected chi connectivity index (χ0v) is 12.0. The molecule has 0 amide bonds. The van der Waals surface area contributed by atoms with Crippen LogP contribution in [0, 0.1) is 0 Å². The molecule has 0 spiro atoms. The monoisotopic (exact) mass is 284 g/mol. The topological polar surface area (TPSA) is 85.2 Å². The Kier molecular flexibility index (Phi) is 5.35. The minimum Gasteiger partial charge on any atom is -0.492 e. The van der Waals surface area contributed by atoms with Crippen LogP contribution in [-0.4, -0.2) is 35.0 Å². The number of carboxylic acids is 1. The predicted octanol–water partition coefficient (Wildman–Crippen LogP) is 2.25. The average molecular weight is 284 g/mol. The van der Waals surface area contributed by atoms with Gasteiger partial charge in [-0.05, 0) is 32.9 Å². The largest absolute Gasteiger partial charge is 0.492 e. The summed E-state index contributed by atoms with van der Waals surface area (Å²) in [5.74, 6) is -0.852. The van der Waals surface area contributed by atoms with Gasteiger partial charge in [0.2, 0.25) is 5.75 Å². The smallest absolute Gasteiger partial charge is 0.339 e. The maximum absolute atomic E-state index is 11.1. The van der Waals surface area contributed by atoms with Crippen LogP contribution in [-0.2, 0) is 4.89 Å². The zero-order valence-electron chi connectivity index (χ0n) is 12.0. The maximum atomic E-state index is 11.1. The highest BCUT2D eigenvalue weighted by atomic mass is 17.2. The third-order valence-electron chi connectivity index (χ3n) is 2.56. The van der Waals surface area contributed by atoms with Crippen LogP contribution in [0.4, 0.5) is 0 Å². The molecule has 0 saturated heterocycles. The summed E-state index contributed by atoms with van der Waals surface area (Å²) in [7, 11) is 1.36. The van der Waals surface area contributed by atoms with Gasteiger partial charge in [0.25, 0.3) is 0 Å². The number of benzene rings is 1. The Morgan fingerprint density at radius 3 is 2.55 bits per heavy atom. The van der Waals surface area contributed by atoms with Gasteiger partial charge < -0.3 is 19.8 Å². The van der Waals surface area contributed by atoms with Gasteiger partial charge in [-0.1, -0.05) is 6.07 Å². The Bertz CT molecular complexity index is 467. The van der Waals surface area contributed by atoms with E-state index in [4.69, 9.17) is 19.6 Å². The lowest BCUT2D eigenvalue weighted by atomic mass is 10.0. The van der Waals surface area contributed by atoms with E-state index >= 15 is 0 Å². The fourth-order valence-electron chi connectivity index (χ4n) is 1.86. The lowest BCUT2D eigenvalue weighted by Crippen LogP contribution is -2.30. The van der Waals surface area contributed by atoms with Crippen LogP contribution in [0.1, 0.15) is 37.6 Å². The first kappa shape index (κ1) is 16.3. The molecule has 0 aromatic heterocycles. The number of ether oxygens (including phenoxy) is 1. The summed E-state index contributed by atoms with van der Waals surface area (Å²) in [6.07, 6.45) is -0.172. The van der Waals surface area contributed by atoms with Crippen molar-refractivity contribution in [2.75, 3.05) is 7.11 Å². The first-order chi connectivity index (χ1) is 9.26. The normalized spacial score (nSPS) is 12.8. The van der Waals surface area contributed by atoms with Gasteiger partial charge in [-0.15, -0.1) is 0 Å². The van der Waals surface area contributed by atoms with Gasteiger partial charge in [0.15, 0.2) is 5.75 Å². The van der Waals surface area contributed by atoms with Crippen molar-refractivity contribution in [3.05, 3.63) is 23.8 Å². The molecular weight excluding hydrogens is 264 g/mol.